The molecular weight excluding hydrogens is 522 g/mol. The van der Waals surface area contributed by atoms with Crippen LogP contribution in [0.15, 0.2) is 66.9 Å². The SMILES string of the molecule is COc1cc(-c2cccc(N(CC34CCC(c5ccc(C(C)(C)C#N)cc5)(CC3)OC4)C(=O)C3CCCC3)c2)ccn1. The molecule has 2 saturated heterocycles. The molecule has 6 heteroatoms. The lowest BCUT2D eigenvalue weighted by Gasteiger charge is -2.54. The van der Waals surface area contributed by atoms with Crippen molar-refractivity contribution in [3.8, 4) is 23.1 Å². The Kier molecular flexibility index (Phi) is 7.57. The summed E-state index contributed by atoms with van der Waals surface area (Å²) in [7, 11) is 1.62. The average Bonchev–Trinajstić information content (AvgIpc) is 3.60. The number of hydrogen-bond acceptors (Lipinski definition) is 5. The van der Waals surface area contributed by atoms with E-state index in [1.807, 2.05) is 32.0 Å². The van der Waals surface area contributed by atoms with Crippen molar-refractivity contribution in [3.05, 3.63) is 78.0 Å². The normalized spacial score (nSPS) is 23.9. The van der Waals surface area contributed by atoms with Crippen LogP contribution in [0.25, 0.3) is 11.1 Å². The Balaban J connectivity index is 1.25. The summed E-state index contributed by atoms with van der Waals surface area (Å²) in [6, 6.07) is 23.1. The largest absolute Gasteiger partial charge is 0.481 e. The molecule has 6 nitrogen and oxygen atoms in total. The zero-order chi connectivity index (χ0) is 29.4. The number of nitriles is 1. The van der Waals surface area contributed by atoms with Gasteiger partial charge >= 0.3 is 0 Å². The Morgan fingerprint density at radius 1 is 1.05 bits per heavy atom. The van der Waals surface area contributed by atoms with Crippen LogP contribution in [-0.2, 0) is 20.5 Å². The Bertz CT molecular complexity index is 1460. The van der Waals surface area contributed by atoms with Crippen molar-refractivity contribution in [3.63, 3.8) is 0 Å². The molecule has 42 heavy (non-hydrogen) atoms. The van der Waals surface area contributed by atoms with E-state index in [9.17, 15) is 10.1 Å². The molecule has 0 spiro atoms. The maximum absolute atomic E-state index is 14.1. The lowest BCUT2D eigenvalue weighted by atomic mass is 9.63. The number of rotatable bonds is 8. The third-order valence-corrected chi connectivity index (χ3v) is 10.1. The van der Waals surface area contributed by atoms with Crippen LogP contribution in [-0.4, -0.2) is 31.2 Å². The van der Waals surface area contributed by atoms with Gasteiger partial charge in [-0.1, -0.05) is 49.2 Å². The molecule has 0 unspecified atom stereocenters. The number of carbonyl (C=O) groups excluding carboxylic acids is 1. The summed E-state index contributed by atoms with van der Waals surface area (Å²) in [6.07, 6.45) is 9.88. The second-order valence-corrected chi connectivity index (χ2v) is 13.1. The number of amides is 1. The van der Waals surface area contributed by atoms with E-state index in [0.29, 0.717) is 19.0 Å². The zero-order valence-corrected chi connectivity index (χ0v) is 25.1. The fraction of sp³-hybridized carbons (Fsp3) is 0.472. The van der Waals surface area contributed by atoms with Gasteiger partial charge < -0.3 is 14.4 Å². The maximum atomic E-state index is 14.1. The molecule has 4 aliphatic rings. The molecule has 2 saturated carbocycles. The summed E-state index contributed by atoms with van der Waals surface area (Å²) in [5.41, 5.74) is 4.39. The quantitative estimate of drug-likeness (QED) is 0.283. The van der Waals surface area contributed by atoms with Gasteiger partial charge in [0, 0.05) is 35.8 Å². The summed E-state index contributed by atoms with van der Waals surface area (Å²) in [4.78, 5) is 20.4. The fourth-order valence-corrected chi connectivity index (χ4v) is 7.17. The minimum atomic E-state index is -0.512. The van der Waals surface area contributed by atoms with Crippen LogP contribution in [0.1, 0.15) is 76.3 Å². The van der Waals surface area contributed by atoms with Crippen molar-refractivity contribution < 1.29 is 14.3 Å². The minimum Gasteiger partial charge on any atom is -0.481 e. The highest BCUT2D eigenvalue weighted by molar-refractivity contribution is 5.96. The summed E-state index contributed by atoms with van der Waals surface area (Å²) in [6.45, 7) is 5.23. The van der Waals surface area contributed by atoms with Gasteiger partial charge in [0.15, 0.2) is 0 Å². The molecule has 0 radical (unpaired) electrons. The molecule has 2 aliphatic heterocycles. The van der Waals surface area contributed by atoms with Crippen LogP contribution in [0.2, 0.25) is 0 Å². The van der Waals surface area contributed by atoms with Crippen molar-refractivity contribution >= 4 is 11.6 Å². The van der Waals surface area contributed by atoms with Gasteiger partial charge in [-0.2, -0.15) is 5.26 Å². The Morgan fingerprint density at radius 2 is 1.76 bits per heavy atom. The van der Waals surface area contributed by atoms with Crippen LogP contribution < -0.4 is 9.64 Å². The zero-order valence-electron chi connectivity index (χ0n) is 25.1. The lowest BCUT2D eigenvalue weighted by Crippen LogP contribution is -2.55. The summed E-state index contributed by atoms with van der Waals surface area (Å²) >= 11 is 0. The van der Waals surface area contributed by atoms with Crippen LogP contribution in [0.4, 0.5) is 5.69 Å². The van der Waals surface area contributed by atoms with Gasteiger partial charge in [-0.25, -0.2) is 4.98 Å². The number of hydrogen-bond donors (Lipinski definition) is 0. The number of ether oxygens (including phenoxy) is 2. The lowest BCUT2D eigenvalue weighted by molar-refractivity contribution is -0.186. The number of benzene rings is 2. The summed E-state index contributed by atoms with van der Waals surface area (Å²) in [5, 5.41) is 9.54. The molecular formula is C36H41N3O3. The van der Waals surface area contributed by atoms with Crippen molar-refractivity contribution in [1.82, 2.24) is 4.98 Å². The van der Waals surface area contributed by atoms with Gasteiger partial charge in [0.25, 0.3) is 0 Å². The third kappa shape index (κ3) is 5.31. The molecule has 2 bridgehead atoms. The van der Waals surface area contributed by atoms with E-state index < -0.39 is 5.41 Å². The van der Waals surface area contributed by atoms with E-state index in [4.69, 9.17) is 9.47 Å². The van der Waals surface area contributed by atoms with Gasteiger partial charge in [0.2, 0.25) is 11.8 Å². The number of pyridine rings is 1. The fourth-order valence-electron chi connectivity index (χ4n) is 7.17. The van der Waals surface area contributed by atoms with Crippen molar-refractivity contribution in [2.24, 2.45) is 11.3 Å². The molecule has 2 aliphatic carbocycles. The van der Waals surface area contributed by atoms with E-state index in [1.54, 1.807) is 13.3 Å². The molecule has 7 rings (SSSR count). The Morgan fingerprint density at radius 3 is 2.40 bits per heavy atom. The first-order valence-corrected chi connectivity index (χ1v) is 15.3. The predicted octanol–water partition coefficient (Wildman–Crippen LogP) is 7.57. The first-order chi connectivity index (χ1) is 20.3. The van der Waals surface area contributed by atoms with Crippen LogP contribution >= 0.6 is 0 Å². The van der Waals surface area contributed by atoms with Crippen molar-refractivity contribution in [1.29, 1.82) is 5.26 Å². The number of nitrogens with zero attached hydrogens (tertiary/aromatic N) is 3. The smallest absolute Gasteiger partial charge is 0.230 e. The van der Waals surface area contributed by atoms with E-state index in [0.717, 1.165) is 73.7 Å². The Labute approximate surface area is 249 Å². The van der Waals surface area contributed by atoms with E-state index >= 15 is 0 Å². The molecule has 0 atom stereocenters. The standard InChI is InChI=1S/C36H41N3O3/c1-34(2,23-37)29-11-13-30(14-12-29)36-18-16-35(17-19-36,25-42-36)24-39(33(40)26-7-4-5-8-26)31-10-6-9-27(21-31)28-15-20-38-32(22-28)41-3/h6,9-15,20-22,26H,4-5,7-8,16-19,24-25H2,1-3H3. The maximum Gasteiger partial charge on any atom is 0.230 e. The molecule has 3 heterocycles. The second-order valence-electron chi connectivity index (χ2n) is 13.1. The third-order valence-electron chi connectivity index (χ3n) is 10.1. The van der Waals surface area contributed by atoms with Gasteiger partial charge in [0.05, 0.1) is 30.8 Å². The molecule has 4 fully saturated rings. The van der Waals surface area contributed by atoms with Gasteiger partial charge in [0.1, 0.15) is 0 Å². The number of aromatic nitrogens is 1. The molecule has 2 aromatic carbocycles. The first-order valence-electron chi connectivity index (χ1n) is 15.3. The molecule has 1 amide bonds. The summed E-state index contributed by atoms with van der Waals surface area (Å²) in [5.74, 6) is 0.919. The highest BCUT2D eigenvalue weighted by Gasteiger charge is 2.52. The molecule has 0 N–H and O–H groups in total. The van der Waals surface area contributed by atoms with Crippen LogP contribution in [0, 0.1) is 22.7 Å². The van der Waals surface area contributed by atoms with Gasteiger partial charge in [-0.3, -0.25) is 4.79 Å². The predicted molar refractivity (Wildman–Crippen MR) is 164 cm³/mol. The Hall–Kier alpha value is -3.69. The van der Waals surface area contributed by atoms with Crippen LogP contribution in [0.5, 0.6) is 5.88 Å². The number of carbonyl (C=O) groups is 1. The van der Waals surface area contributed by atoms with E-state index in [2.05, 4.69) is 58.4 Å². The highest BCUT2D eigenvalue weighted by atomic mass is 16.5. The van der Waals surface area contributed by atoms with Gasteiger partial charge in [-0.15, -0.1) is 0 Å². The van der Waals surface area contributed by atoms with Crippen molar-refractivity contribution in [2.45, 2.75) is 76.2 Å². The second kappa shape index (κ2) is 11.2. The monoisotopic (exact) mass is 563 g/mol. The van der Waals surface area contributed by atoms with Crippen LogP contribution in [0.3, 0.4) is 0 Å². The minimum absolute atomic E-state index is 0.0609. The topological polar surface area (TPSA) is 75.4 Å². The average molecular weight is 564 g/mol. The van der Waals surface area contributed by atoms with Crippen molar-refractivity contribution in [2.75, 3.05) is 25.2 Å². The summed E-state index contributed by atoms with van der Waals surface area (Å²) < 4.78 is 12.1. The van der Waals surface area contributed by atoms with E-state index in [-0.39, 0.29) is 22.8 Å². The molecule has 3 aromatic rings. The highest BCUT2D eigenvalue weighted by Crippen LogP contribution is 2.54. The number of fused-ring (bicyclic) bond motifs is 3. The number of methoxy groups -OCH3 is 1. The number of anilines is 1. The van der Waals surface area contributed by atoms with E-state index in [1.165, 1.54) is 5.56 Å². The first kappa shape index (κ1) is 28.4. The van der Waals surface area contributed by atoms with Gasteiger partial charge in [-0.05, 0) is 92.8 Å². The molecule has 1 aromatic heterocycles. The molecule has 218 valence electrons.